The molecule has 0 aromatic heterocycles. The fourth-order valence-electron chi connectivity index (χ4n) is 0.648. The lowest BCUT2D eigenvalue weighted by Crippen LogP contribution is -2.25. The maximum atomic E-state index is 5.62. The molecule has 0 amide bonds. The van der Waals surface area contributed by atoms with Crippen molar-refractivity contribution in [1.82, 2.24) is 0 Å². The molecule has 0 spiro atoms. The predicted octanol–water partition coefficient (Wildman–Crippen LogP) is 2.90. The summed E-state index contributed by atoms with van der Waals surface area (Å²) >= 11 is 0. The van der Waals surface area contributed by atoms with Crippen LogP contribution in [0.25, 0.3) is 0 Å². The topological polar surface area (TPSA) is 18.5 Å². The van der Waals surface area contributed by atoms with Gasteiger partial charge in [0.05, 0.1) is 7.11 Å². The standard InChI is InChI=1S/C9H18O2Si/c1-6-7-8-9(10-2)11-12(3,4)5/h6,8H,1,7H2,2-5H3/b9-8-. The molecule has 0 bridgehead atoms. The highest BCUT2D eigenvalue weighted by molar-refractivity contribution is 6.69. The third-order valence-corrected chi connectivity index (χ3v) is 1.87. The maximum Gasteiger partial charge on any atom is 0.261 e. The molecule has 0 radical (unpaired) electrons. The Morgan fingerprint density at radius 2 is 2.00 bits per heavy atom. The van der Waals surface area contributed by atoms with Crippen LogP contribution in [0.15, 0.2) is 24.7 Å². The Morgan fingerprint density at radius 3 is 2.33 bits per heavy atom. The van der Waals surface area contributed by atoms with Crippen molar-refractivity contribution in [3.05, 3.63) is 24.7 Å². The first kappa shape index (κ1) is 11.3. The third-order valence-electron chi connectivity index (χ3n) is 1.06. The van der Waals surface area contributed by atoms with E-state index in [1.54, 1.807) is 7.11 Å². The predicted molar refractivity (Wildman–Crippen MR) is 54.3 cm³/mol. The Balaban J connectivity index is 4.07. The summed E-state index contributed by atoms with van der Waals surface area (Å²) in [4.78, 5) is 0. The molecule has 3 heteroatoms. The van der Waals surface area contributed by atoms with Gasteiger partial charge in [0.2, 0.25) is 8.32 Å². The summed E-state index contributed by atoms with van der Waals surface area (Å²) < 4.78 is 10.7. The van der Waals surface area contributed by atoms with Crippen LogP contribution in [0.3, 0.4) is 0 Å². The summed E-state index contributed by atoms with van der Waals surface area (Å²) in [5.74, 6) is 0.620. The first-order chi connectivity index (χ1) is 5.49. The van der Waals surface area contributed by atoms with E-state index in [-0.39, 0.29) is 0 Å². The van der Waals surface area contributed by atoms with Gasteiger partial charge in [-0.15, -0.1) is 6.58 Å². The maximum absolute atomic E-state index is 5.62. The van der Waals surface area contributed by atoms with E-state index in [1.807, 2.05) is 12.2 Å². The van der Waals surface area contributed by atoms with Gasteiger partial charge in [-0.3, -0.25) is 0 Å². The summed E-state index contributed by atoms with van der Waals surface area (Å²) in [6, 6.07) is 0. The largest absolute Gasteiger partial charge is 0.520 e. The number of rotatable bonds is 5. The molecule has 0 aliphatic rings. The lowest BCUT2D eigenvalue weighted by molar-refractivity contribution is 0.146. The molecular formula is C9H18O2Si. The molecule has 0 saturated heterocycles. The Kier molecular flexibility index (Phi) is 4.74. The summed E-state index contributed by atoms with van der Waals surface area (Å²) in [6.45, 7) is 9.98. The molecule has 0 aromatic rings. The van der Waals surface area contributed by atoms with Gasteiger partial charge in [0.1, 0.15) is 0 Å². The molecule has 0 N–H and O–H groups in total. The van der Waals surface area contributed by atoms with Crippen LogP contribution in [0.4, 0.5) is 0 Å². The molecular weight excluding hydrogens is 168 g/mol. The van der Waals surface area contributed by atoms with Crippen LogP contribution < -0.4 is 0 Å². The zero-order valence-electron chi connectivity index (χ0n) is 8.39. The van der Waals surface area contributed by atoms with E-state index in [0.29, 0.717) is 5.95 Å². The first-order valence-electron chi connectivity index (χ1n) is 4.03. The van der Waals surface area contributed by atoms with Gasteiger partial charge in [-0.25, -0.2) is 0 Å². The van der Waals surface area contributed by atoms with Crippen molar-refractivity contribution in [2.45, 2.75) is 26.1 Å². The Bertz CT molecular complexity index is 168. The van der Waals surface area contributed by atoms with Gasteiger partial charge in [0, 0.05) is 0 Å². The number of ether oxygens (including phenoxy) is 1. The van der Waals surface area contributed by atoms with Crippen LogP contribution in [0.1, 0.15) is 6.42 Å². The highest BCUT2D eigenvalue weighted by Crippen LogP contribution is 2.11. The Hall–Kier alpha value is -0.703. The zero-order valence-corrected chi connectivity index (χ0v) is 9.39. The molecule has 12 heavy (non-hydrogen) atoms. The van der Waals surface area contributed by atoms with Gasteiger partial charge >= 0.3 is 0 Å². The molecule has 2 nitrogen and oxygen atoms in total. The number of allylic oxidation sites excluding steroid dienone is 2. The second-order valence-corrected chi connectivity index (χ2v) is 7.89. The van der Waals surface area contributed by atoms with Crippen molar-refractivity contribution in [2.75, 3.05) is 7.11 Å². The minimum absolute atomic E-state index is 0.620. The lowest BCUT2D eigenvalue weighted by Gasteiger charge is -2.20. The number of hydrogen-bond acceptors (Lipinski definition) is 2. The quantitative estimate of drug-likeness (QED) is 0.373. The van der Waals surface area contributed by atoms with Crippen LogP contribution in [0.5, 0.6) is 0 Å². The van der Waals surface area contributed by atoms with E-state index < -0.39 is 8.32 Å². The molecule has 0 atom stereocenters. The van der Waals surface area contributed by atoms with E-state index in [2.05, 4.69) is 26.2 Å². The van der Waals surface area contributed by atoms with E-state index in [1.165, 1.54) is 0 Å². The van der Waals surface area contributed by atoms with E-state index in [0.717, 1.165) is 6.42 Å². The summed E-state index contributed by atoms with van der Waals surface area (Å²) in [7, 11) is 0.101. The second kappa shape index (κ2) is 5.03. The molecule has 0 rings (SSSR count). The average Bonchev–Trinajstić information content (AvgIpc) is 1.95. The molecule has 0 saturated carbocycles. The van der Waals surface area contributed by atoms with Crippen LogP contribution in [-0.4, -0.2) is 15.4 Å². The van der Waals surface area contributed by atoms with Crippen LogP contribution in [0.2, 0.25) is 19.6 Å². The van der Waals surface area contributed by atoms with Crippen molar-refractivity contribution in [3.63, 3.8) is 0 Å². The smallest absolute Gasteiger partial charge is 0.261 e. The van der Waals surface area contributed by atoms with Crippen molar-refractivity contribution >= 4 is 8.32 Å². The SMILES string of the molecule is C=CC/C=C(/OC)O[Si](C)(C)C. The van der Waals surface area contributed by atoms with Gasteiger partial charge in [-0.2, -0.15) is 0 Å². The average molecular weight is 186 g/mol. The second-order valence-electron chi connectivity index (χ2n) is 3.47. The van der Waals surface area contributed by atoms with Gasteiger partial charge in [-0.1, -0.05) is 6.08 Å². The molecule has 70 valence electrons. The molecule has 0 fully saturated rings. The van der Waals surface area contributed by atoms with Crippen LogP contribution in [0, 0.1) is 0 Å². The number of methoxy groups -OCH3 is 1. The third kappa shape index (κ3) is 6.04. The van der Waals surface area contributed by atoms with E-state index >= 15 is 0 Å². The minimum atomic E-state index is -1.52. The Morgan fingerprint density at radius 1 is 1.42 bits per heavy atom. The van der Waals surface area contributed by atoms with Crippen molar-refractivity contribution in [2.24, 2.45) is 0 Å². The summed E-state index contributed by atoms with van der Waals surface area (Å²) in [5.41, 5.74) is 0. The molecule has 0 unspecified atom stereocenters. The lowest BCUT2D eigenvalue weighted by atomic mass is 10.4. The Labute approximate surface area is 76.0 Å². The number of hydrogen-bond donors (Lipinski definition) is 0. The van der Waals surface area contributed by atoms with Crippen LogP contribution in [-0.2, 0) is 9.16 Å². The van der Waals surface area contributed by atoms with Gasteiger partial charge in [0.25, 0.3) is 5.95 Å². The monoisotopic (exact) mass is 186 g/mol. The fourth-order valence-corrected chi connectivity index (χ4v) is 1.42. The first-order valence-corrected chi connectivity index (χ1v) is 7.44. The molecule has 0 heterocycles. The fraction of sp³-hybridized carbons (Fsp3) is 0.556. The minimum Gasteiger partial charge on any atom is -0.520 e. The zero-order chi connectivity index (χ0) is 9.61. The van der Waals surface area contributed by atoms with E-state index in [9.17, 15) is 0 Å². The molecule has 0 aliphatic heterocycles. The van der Waals surface area contributed by atoms with Gasteiger partial charge in [0.15, 0.2) is 0 Å². The normalized spacial score (nSPS) is 12.5. The highest BCUT2D eigenvalue weighted by Gasteiger charge is 2.17. The van der Waals surface area contributed by atoms with E-state index in [4.69, 9.17) is 9.16 Å². The van der Waals surface area contributed by atoms with Gasteiger partial charge in [-0.05, 0) is 32.1 Å². The summed E-state index contributed by atoms with van der Waals surface area (Å²) in [6.07, 6.45) is 4.49. The highest BCUT2D eigenvalue weighted by atomic mass is 28.4. The molecule has 0 aromatic carbocycles. The van der Waals surface area contributed by atoms with Crippen molar-refractivity contribution < 1.29 is 9.16 Å². The van der Waals surface area contributed by atoms with Crippen molar-refractivity contribution in [3.8, 4) is 0 Å². The van der Waals surface area contributed by atoms with Crippen LogP contribution >= 0.6 is 0 Å². The van der Waals surface area contributed by atoms with Gasteiger partial charge < -0.3 is 9.16 Å². The summed E-state index contributed by atoms with van der Waals surface area (Å²) in [5, 5.41) is 0. The molecule has 0 aliphatic carbocycles. The van der Waals surface area contributed by atoms with Crippen molar-refractivity contribution in [1.29, 1.82) is 0 Å².